The number of anilines is 1. The van der Waals surface area contributed by atoms with E-state index in [1.54, 1.807) is 12.0 Å². The van der Waals surface area contributed by atoms with Gasteiger partial charge < -0.3 is 10.1 Å². The average molecular weight is 452 g/mol. The molecule has 0 saturated carbocycles. The van der Waals surface area contributed by atoms with Crippen LogP contribution in [0.25, 0.3) is 0 Å². The molecule has 0 aliphatic carbocycles. The third-order valence-corrected chi connectivity index (χ3v) is 6.09. The maximum Gasteiger partial charge on any atom is 0.271 e. The second-order valence-corrected chi connectivity index (χ2v) is 8.97. The van der Waals surface area contributed by atoms with Crippen LogP contribution in [0.2, 0.25) is 0 Å². The van der Waals surface area contributed by atoms with E-state index < -0.39 is 6.04 Å². The summed E-state index contributed by atoms with van der Waals surface area (Å²) in [6.07, 6.45) is 0. The van der Waals surface area contributed by atoms with Gasteiger partial charge in [-0.05, 0) is 56.5 Å². The number of aryl methyl sites for hydroxylation is 4. The molecule has 1 N–H and O–H groups in total. The average Bonchev–Trinajstić information content (AvgIpc) is 3.09. The summed E-state index contributed by atoms with van der Waals surface area (Å²) in [5.74, 6) is -0.506. The Labute approximate surface area is 193 Å². The van der Waals surface area contributed by atoms with Crippen LogP contribution < -0.4 is 10.2 Å². The molecule has 0 fully saturated rings. The van der Waals surface area contributed by atoms with Crippen molar-refractivity contribution in [3.05, 3.63) is 80.8 Å². The molecule has 168 valence electrons. The van der Waals surface area contributed by atoms with Crippen molar-refractivity contribution < 1.29 is 14.3 Å². The quantitative estimate of drug-likeness (QED) is 0.511. The van der Waals surface area contributed by atoms with E-state index in [4.69, 9.17) is 4.74 Å². The minimum absolute atomic E-state index is 0.242. The van der Waals surface area contributed by atoms with Crippen molar-refractivity contribution in [1.82, 2.24) is 10.3 Å². The standard InChI is InChI=1S/C25H29N3O3S/c1-16-13-17(2)15-21(14-16)28(25(30)23-18(3)27-19(4)32-23)22(20-9-7-6-8-10-20)24(29)26-11-12-31-5/h6-10,13-15,22H,11-12H2,1-5H3,(H,26,29)/t22-/m1/s1. The normalized spacial score (nSPS) is 11.8. The smallest absolute Gasteiger partial charge is 0.271 e. The minimum atomic E-state index is -0.844. The first-order chi connectivity index (χ1) is 15.3. The fourth-order valence-electron chi connectivity index (χ4n) is 3.74. The molecule has 0 unspecified atom stereocenters. The summed E-state index contributed by atoms with van der Waals surface area (Å²) in [7, 11) is 1.58. The molecule has 2 aromatic carbocycles. The van der Waals surface area contributed by atoms with E-state index >= 15 is 0 Å². The molecule has 2 amide bonds. The fraction of sp³-hybridized carbons (Fsp3) is 0.320. The highest BCUT2D eigenvalue weighted by Crippen LogP contribution is 2.33. The summed E-state index contributed by atoms with van der Waals surface area (Å²) in [4.78, 5) is 34.0. The number of methoxy groups -OCH3 is 1. The second-order valence-electron chi connectivity index (χ2n) is 7.77. The van der Waals surface area contributed by atoms with Gasteiger partial charge in [-0.25, -0.2) is 4.98 Å². The Hall–Kier alpha value is -3.03. The van der Waals surface area contributed by atoms with Crippen LogP contribution in [-0.2, 0) is 9.53 Å². The maximum atomic E-state index is 13.9. The number of hydrogen-bond acceptors (Lipinski definition) is 5. The van der Waals surface area contributed by atoms with Crippen molar-refractivity contribution >= 4 is 28.8 Å². The van der Waals surface area contributed by atoms with Gasteiger partial charge in [-0.15, -0.1) is 11.3 Å². The molecular weight excluding hydrogens is 422 g/mol. The lowest BCUT2D eigenvalue weighted by Crippen LogP contribution is -2.44. The van der Waals surface area contributed by atoms with Crippen LogP contribution >= 0.6 is 11.3 Å². The lowest BCUT2D eigenvalue weighted by atomic mass is 10.0. The van der Waals surface area contributed by atoms with Crippen LogP contribution in [-0.4, -0.2) is 37.1 Å². The molecule has 1 heterocycles. The van der Waals surface area contributed by atoms with Crippen LogP contribution in [0.5, 0.6) is 0 Å². The van der Waals surface area contributed by atoms with E-state index in [9.17, 15) is 9.59 Å². The van der Waals surface area contributed by atoms with Crippen molar-refractivity contribution in [2.45, 2.75) is 33.7 Å². The van der Waals surface area contributed by atoms with Crippen LogP contribution in [0, 0.1) is 27.7 Å². The number of ether oxygens (including phenoxy) is 1. The van der Waals surface area contributed by atoms with E-state index in [1.165, 1.54) is 11.3 Å². The molecule has 0 spiro atoms. The van der Waals surface area contributed by atoms with E-state index in [-0.39, 0.29) is 11.8 Å². The lowest BCUT2D eigenvalue weighted by molar-refractivity contribution is -0.122. The Balaban J connectivity index is 2.17. The van der Waals surface area contributed by atoms with Gasteiger partial charge in [0.1, 0.15) is 10.9 Å². The van der Waals surface area contributed by atoms with E-state index in [0.29, 0.717) is 29.4 Å². The first-order valence-electron chi connectivity index (χ1n) is 10.5. The molecule has 6 nitrogen and oxygen atoms in total. The van der Waals surface area contributed by atoms with Crippen LogP contribution in [0.1, 0.15) is 43.1 Å². The highest BCUT2D eigenvalue weighted by atomic mass is 32.1. The molecule has 32 heavy (non-hydrogen) atoms. The van der Waals surface area contributed by atoms with Gasteiger partial charge in [-0.1, -0.05) is 36.4 Å². The number of carbonyl (C=O) groups is 2. The van der Waals surface area contributed by atoms with Crippen molar-refractivity contribution in [3.8, 4) is 0 Å². The van der Waals surface area contributed by atoms with Crippen molar-refractivity contribution in [3.63, 3.8) is 0 Å². The fourth-order valence-corrected chi connectivity index (χ4v) is 4.60. The highest BCUT2D eigenvalue weighted by Gasteiger charge is 2.35. The number of nitrogens with one attached hydrogen (secondary N) is 1. The van der Waals surface area contributed by atoms with Crippen molar-refractivity contribution in [1.29, 1.82) is 0 Å². The predicted molar refractivity (Wildman–Crippen MR) is 128 cm³/mol. The summed E-state index contributed by atoms with van der Waals surface area (Å²) in [5, 5.41) is 3.73. The summed E-state index contributed by atoms with van der Waals surface area (Å²) in [5.41, 5.74) is 4.10. The zero-order valence-corrected chi connectivity index (χ0v) is 20.0. The van der Waals surface area contributed by atoms with Crippen LogP contribution in [0.3, 0.4) is 0 Å². The molecule has 1 aromatic heterocycles. The summed E-state index contributed by atoms with van der Waals surface area (Å²) >= 11 is 1.35. The van der Waals surface area contributed by atoms with Crippen LogP contribution in [0.15, 0.2) is 48.5 Å². The molecule has 0 aliphatic heterocycles. The Morgan fingerprint density at radius 3 is 2.28 bits per heavy atom. The molecule has 0 aliphatic rings. The van der Waals surface area contributed by atoms with Gasteiger partial charge in [0.15, 0.2) is 0 Å². The molecular formula is C25H29N3O3S. The van der Waals surface area contributed by atoms with Gasteiger partial charge in [0.25, 0.3) is 5.91 Å². The first kappa shape index (κ1) is 23.6. The Kier molecular flexibility index (Phi) is 7.77. The molecule has 0 radical (unpaired) electrons. The van der Waals surface area contributed by atoms with E-state index in [2.05, 4.69) is 10.3 Å². The van der Waals surface area contributed by atoms with Gasteiger partial charge in [0.2, 0.25) is 5.91 Å². The number of benzene rings is 2. The largest absolute Gasteiger partial charge is 0.383 e. The lowest BCUT2D eigenvalue weighted by Gasteiger charge is -2.32. The molecule has 0 saturated heterocycles. The minimum Gasteiger partial charge on any atom is -0.383 e. The molecule has 1 atom stereocenters. The number of rotatable bonds is 8. The molecule has 7 heteroatoms. The maximum absolute atomic E-state index is 13.9. The highest BCUT2D eigenvalue weighted by molar-refractivity contribution is 7.13. The van der Waals surface area contributed by atoms with E-state index in [0.717, 1.165) is 21.7 Å². The monoisotopic (exact) mass is 451 g/mol. The number of nitrogens with zero attached hydrogens (tertiary/aromatic N) is 2. The number of carbonyl (C=O) groups excluding carboxylic acids is 2. The van der Waals surface area contributed by atoms with E-state index in [1.807, 2.05) is 76.2 Å². The first-order valence-corrected chi connectivity index (χ1v) is 11.3. The number of aromatic nitrogens is 1. The van der Waals surface area contributed by atoms with Crippen molar-refractivity contribution in [2.75, 3.05) is 25.2 Å². The molecule has 0 bridgehead atoms. The zero-order valence-electron chi connectivity index (χ0n) is 19.1. The summed E-state index contributed by atoms with van der Waals surface area (Å²) < 4.78 is 5.09. The van der Waals surface area contributed by atoms with Gasteiger partial charge in [-0.3, -0.25) is 14.5 Å². The molecule has 3 aromatic rings. The third-order valence-electron chi connectivity index (χ3n) is 5.03. The van der Waals surface area contributed by atoms with Gasteiger partial charge in [0, 0.05) is 19.3 Å². The summed E-state index contributed by atoms with van der Waals surface area (Å²) in [6, 6.07) is 14.5. The zero-order chi connectivity index (χ0) is 23.3. The third kappa shape index (κ3) is 5.41. The van der Waals surface area contributed by atoms with Gasteiger partial charge in [0.05, 0.1) is 17.3 Å². The second kappa shape index (κ2) is 10.5. The topological polar surface area (TPSA) is 71.5 Å². The van der Waals surface area contributed by atoms with Gasteiger partial charge >= 0.3 is 0 Å². The van der Waals surface area contributed by atoms with Crippen LogP contribution in [0.4, 0.5) is 5.69 Å². The predicted octanol–water partition coefficient (Wildman–Crippen LogP) is 4.53. The number of thiazole rings is 1. The number of amides is 2. The van der Waals surface area contributed by atoms with Gasteiger partial charge in [-0.2, -0.15) is 0 Å². The molecule has 3 rings (SSSR count). The number of hydrogen-bond donors (Lipinski definition) is 1. The van der Waals surface area contributed by atoms with Crippen molar-refractivity contribution in [2.24, 2.45) is 0 Å². The Morgan fingerprint density at radius 1 is 1.06 bits per heavy atom. The Morgan fingerprint density at radius 2 is 1.72 bits per heavy atom. The Bertz CT molecular complexity index is 1070. The summed E-state index contributed by atoms with van der Waals surface area (Å²) in [6.45, 7) is 8.41. The SMILES string of the molecule is COCCNC(=O)[C@@H](c1ccccc1)N(C(=O)c1sc(C)nc1C)c1cc(C)cc(C)c1.